The molecule has 0 spiro atoms. The van der Waals surface area contributed by atoms with Crippen molar-refractivity contribution < 1.29 is 52.0 Å². The fraction of sp³-hybridized carbons (Fsp3) is 0.333. The molecule has 0 unspecified atom stereocenters. The second kappa shape index (κ2) is 11.2. The third-order valence-electron chi connectivity index (χ3n) is 6.32. The molecule has 40 heavy (non-hydrogen) atoms. The van der Waals surface area contributed by atoms with Crippen molar-refractivity contribution in [1.29, 1.82) is 0 Å². The van der Waals surface area contributed by atoms with Crippen LogP contribution in [0, 0.1) is 5.82 Å². The lowest BCUT2D eigenvalue weighted by atomic mass is 9.95. The summed E-state index contributed by atoms with van der Waals surface area (Å²) < 4.78 is 47.0. The Morgan fingerprint density at radius 2 is 1.65 bits per heavy atom. The quantitative estimate of drug-likeness (QED) is 0.279. The Balaban J connectivity index is 2.03. The van der Waals surface area contributed by atoms with E-state index < -0.39 is 52.8 Å². The van der Waals surface area contributed by atoms with Crippen molar-refractivity contribution in [1.82, 2.24) is 10.0 Å². The molecule has 2 aromatic carbocycles. The molecular formula is C27H27FN2O10. The summed E-state index contributed by atoms with van der Waals surface area (Å²) in [5.41, 5.74) is -2.89. The van der Waals surface area contributed by atoms with E-state index in [9.17, 15) is 23.6 Å². The van der Waals surface area contributed by atoms with Gasteiger partial charge in [-0.05, 0) is 43.7 Å². The summed E-state index contributed by atoms with van der Waals surface area (Å²) in [5, 5.41) is 1.59. The van der Waals surface area contributed by atoms with Crippen molar-refractivity contribution in [3.8, 4) is 17.2 Å². The minimum Gasteiger partial charge on any atom is -0.493 e. The molecule has 0 fully saturated rings. The number of hydrogen-bond acceptors (Lipinski definition) is 10. The van der Waals surface area contributed by atoms with Crippen LogP contribution >= 0.6 is 0 Å². The van der Waals surface area contributed by atoms with E-state index in [0.717, 1.165) is 18.2 Å². The van der Waals surface area contributed by atoms with E-state index in [2.05, 4.69) is 0 Å². The minimum absolute atomic E-state index is 0.0158. The first-order chi connectivity index (χ1) is 19.2. The first-order valence-corrected chi connectivity index (χ1v) is 12.2. The highest BCUT2D eigenvalue weighted by Crippen LogP contribution is 2.52. The van der Waals surface area contributed by atoms with Gasteiger partial charge in [-0.3, -0.25) is 4.79 Å². The van der Waals surface area contributed by atoms with E-state index in [1.165, 1.54) is 50.6 Å². The number of methoxy groups -OCH3 is 3. The zero-order valence-electron chi connectivity index (χ0n) is 22.4. The molecule has 2 heterocycles. The van der Waals surface area contributed by atoms with Gasteiger partial charge >= 0.3 is 18.2 Å². The second-order valence-electron chi connectivity index (χ2n) is 8.36. The van der Waals surface area contributed by atoms with Crippen LogP contribution in [0.25, 0.3) is 0 Å². The first-order valence-electron chi connectivity index (χ1n) is 12.2. The molecule has 0 N–H and O–H groups in total. The number of esters is 1. The number of carbonyl (C=O) groups is 4. The van der Waals surface area contributed by atoms with Gasteiger partial charge in [0.25, 0.3) is 0 Å². The smallest absolute Gasteiger partial charge is 0.432 e. The average Bonchev–Trinajstić information content (AvgIpc) is 3.12. The molecule has 1 aliphatic carbocycles. The predicted octanol–water partition coefficient (Wildman–Crippen LogP) is 4.04. The molecule has 0 saturated carbocycles. The monoisotopic (exact) mass is 558 g/mol. The Bertz CT molecular complexity index is 1390. The lowest BCUT2D eigenvalue weighted by Crippen LogP contribution is -2.66. The van der Waals surface area contributed by atoms with Crippen LogP contribution in [0.5, 0.6) is 17.2 Å². The van der Waals surface area contributed by atoms with Crippen LogP contribution in [0.4, 0.5) is 14.0 Å². The average molecular weight is 559 g/mol. The predicted molar refractivity (Wildman–Crippen MR) is 135 cm³/mol. The summed E-state index contributed by atoms with van der Waals surface area (Å²) >= 11 is 0. The van der Waals surface area contributed by atoms with E-state index >= 15 is 0 Å². The highest BCUT2D eigenvalue weighted by Gasteiger charge is 2.60. The number of hydrazine groups is 1. The van der Waals surface area contributed by atoms with Gasteiger partial charge < -0.3 is 28.4 Å². The molecule has 2 aromatic rings. The van der Waals surface area contributed by atoms with Crippen LogP contribution in [-0.2, 0) is 14.2 Å². The Labute approximate surface area is 228 Å². The van der Waals surface area contributed by atoms with Crippen LogP contribution < -0.4 is 14.2 Å². The fourth-order valence-corrected chi connectivity index (χ4v) is 4.60. The molecule has 2 bridgehead atoms. The summed E-state index contributed by atoms with van der Waals surface area (Å²) in [6.07, 6.45) is 0.658. The number of hydrogen-bond donors (Lipinski definition) is 0. The van der Waals surface area contributed by atoms with E-state index in [1.807, 2.05) is 0 Å². The van der Waals surface area contributed by atoms with Gasteiger partial charge in [0.05, 0.1) is 38.6 Å². The number of halogens is 1. The summed E-state index contributed by atoms with van der Waals surface area (Å²) in [7, 11) is 3.71. The number of carbonyl (C=O) groups excluding carboxylic acids is 4. The van der Waals surface area contributed by atoms with Gasteiger partial charge in [0.2, 0.25) is 17.3 Å². The third-order valence-corrected chi connectivity index (χ3v) is 6.32. The molecule has 2 aliphatic heterocycles. The Morgan fingerprint density at radius 3 is 2.25 bits per heavy atom. The summed E-state index contributed by atoms with van der Waals surface area (Å²) in [6, 6.07) is 5.34. The van der Waals surface area contributed by atoms with Crippen molar-refractivity contribution in [2.24, 2.45) is 0 Å². The maximum atomic E-state index is 14.5. The minimum atomic E-state index is -2.28. The van der Waals surface area contributed by atoms with Gasteiger partial charge in [0.15, 0.2) is 11.5 Å². The largest absolute Gasteiger partial charge is 0.493 e. The van der Waals surface area contributed by atoms with Crippen LogP contribution in [0.1, 0.15) is 46.2 Å². The van der Waals surface area contributed by atoms with Gasteiger partial charge in [-0.1, -0.05) is 18.2 Å². The zero-order valence-corrected chi connectivity index (χ0v) is 22.4. The molecule has 3 aliphatic rings. The Morgan fingerprint density at radius 1 is 0.975 bits per heavy atom. The normalized spacial score (nSPS) is 19.1. The molecule has 2 amide bonds. The third kappa shape index (κ3) is 4.37. The van der Waals surface area contributed by atoms with Crippen LogP contribution in [0.2, 0.25) is 0 Å². The SMILES string of the molecule is CCOC(=O)N1[C@H]2C=C[C@](OC)(C(=O)c3c2cc(OC)c(OC)c3OC(=O)c2ccccc2F)N1C(=O)OCC. The van der Waals surface area contributed by atoms with Crippen molar-refractivity contribution in [2.75, 3.05) is 34.5 Å². The van der Waals surface area contributed by atoms with E-state index in [4.69, 9.17) is 28.4 Å². The summed E-state index contributed by atoms with van der Waals surface area (Å²) in [5.74, 6) is -3.50. The topological polar surface area (TPSA) is 130 Å². The van der Waals surface area contributed by atoms with E-state index in [0.29, 0.717) is 5.01 Å². The molecule has 0 aromatic heterocycles. The lowest BCUT2D eigenvalue weighted by molar-refractivity contribution is -0.158. The second-order valence-corrected chi connectivity index (χ2v) is 8.36. The van der Waals surface area contributed by atoms with Gasteiger partial charge in [-0.15, -0.1) is 0 Å². The van der Waals surface area contributed by atoms with Gasteiger partial charge in [0, 0.05) is 7.11 Å². The van der Waals surface area contributed by atoms with E-state index in [1.54, 1.807) is 13.8 Å². The Kier molecular flexibility index (Phi) is 7.96. The van der Waals surface area contributed by atoms with Gasteiger partial charge in [0.1, 0.15) is 11.9 Å². The molecule has 212 valence electrons. The molecule has 0 radical (unpaired) electrons. The van der Waals surface area contributed by atoms with Crippen LogP contribution in [-0.4, -0.2) is 74.2 Å². The molecular weight excluding hydrogens is 531 g/mol. The fourth-order valence-electron chi connectivity index (χ4n) is 4.60. The first kappa shape index (κ1) is 28.4. The zero-order chi connectivity index (χ0) is 29.2. The lowest BCUT2D eigenvalue weighted by Gasteiger charge is -2.46. The molecule has 2 atom stereocenters. The highest BCUT2D eigenvalue weighted by molar-refractivity contribution is 6.11. The summed E-state index contributed by atoms with van der Waals surface area (Å²) in [4.78, 5) is 54.1. The molecule has 13 heteroatoms. The van der Waals surface area contributed by atoms with Gasteiger partial charge in [-0.25, -0.2) is 18.8 Å². The maximum Gasteiger partial charge on any atom is 0.432 e. The number of ether oxygens (including phenoxy) is 6. The standard InChI is InChI=1S/C27H27FN2O10/c1-6-38-25(33)29-18-12-13-27(37-5,30(29)26(34)39-7-2)23(31)20-16(18)14-19(35-3)21(36-4)22(20)40-24(32)15-10-8-9-11-17(15)28/h8-14,18H,6-7H2,1-5H3/t18-,27-/m0/s1. The number of fused-ring (bicyclic) bond motifs is 1. The molecule has 0 saturated heterocycles. The Hall–Kier alpha value is -4.65. The van der Waals surface area contributed by atoms with Gasteiger partial charge in [-0.2, -0.15) is 10.0 Å². The number of Topliss-reactive ketones (excluding diaryl/α,β-unsaturated/α-hetero) is 1. The van der Waals surface area contributed by atoms with Crippen molar-refractivity contribution >= 4 is 23.9 Å². The maximum absolute atomic E-state index is 14.5. The summed E-state index contributed by atoms with van der Waals surface area (Å²) in [6.45, 7) is 2.97. The van der Waals surface area contributed by atoms with Crippen molar-refractivity contribution in [3.05, 3.63) is 65.0 Å². The number of nitrogens with zero attached hydrogens (tertiary/aromatic N) is 2. The number of rotatable bonds is 7. The van der Waals surface area contributed by atoms with Crippen LogP contribution in [0.3, 0.4) is 0 Å². The van der Waals surface area contributed by atoms with Crippen LogP contribution in [0.15, 0.2) is 42.5 Å². The number of benzene rings is 2. The molecule has 12 nitrogen and oxygen atoms in total. The molecule has 5 rings (SSSR count). The highest BCUT2D eigenvalue weighted by atomic mass is 19.1. The van der Waals surface area contributed by atoms with E-state index in [-0.39, 0.29) is 35.8 Å². The van der Waals surface area contributed by atoms with Crippen molar-refractivity contribution in [3.63, 3.8) is 0 Å². The van der Waals surface area contributed by atoms with Crippen molar-refractivity contribution in [2.45, 2.75) is 25.6 Å². The number of amides is 2. The number of ketones is 1.